The van der Waals surface area contributed by atoms with Crippen molar-refractivity contribution < 1.29 is 14.0 Å². The Morgan fingerprint density at radius 3 is 2.57 bits per heavy atom. The van der Waals surface area contributed by atoms with E-state index in [1.807, 2.05) is 65.3 Å². The van der Waals surface area contributed by atoms with Crippen LogP contribution in [0.25, 0.3) is 28.1 Å². The first-order valence-corrected chi connectivity index (χ1v) is 19.2. The third kappa shape index (κ3) is 6.57. The molecular formula is C42H41FN10O3. The molecule has 0 spiro atoms. The molecule has 3 fully saturated rings. The Labute approximate surface area is 322 Å². The summed E-state index contributed by atoms with van der Waals surface area (Å²) in [4.78, 5) is 54.2. The van der Waals surface area contributed by atoms with Crippen molar-refractivity contribution in [1.82, 2.24) is 38.9 Å². The van der Waals surface area contributed by atoms with Gasteiger partial charge < -0.3 is 9.80 Å². The molecular weight excluding hydrogens is 712 g/mol. The van der Waals surface area contributed by atoms with Crippen LogP contribution in [0.1, 0.15) is 55.3 Å². The number of carbonyl (C=O) groups is 2. The molecule has 14 heteroatoms. The molecule has 3 aliphatic rings. The number of nitrogens with one attached hydrogen (secondary N) is 1. The Morgan fingerprint density at radius 2 is 1.73 bits per heavy atom. The Balaban J connectivity index is 0.850. The molecule has 9 rings (SSSR count). The van der Waals surface area contributed by atoms with E-state index < -0.39 is 11.9 Å². The van der Waals surface area contributed by atoms with Gasteiger partial charge in [0.1, 0.15) is 29.2 Å². The van der Waals surface area contributed by atoms with Crippen molar-refractivity contribution in [3.63, 3.8) is 0 Å². The molecule has 1 unspecified atom stereocenters. The van der Waals surface area contributed by atoms with Gasteiger partial charge in [-0.25, -0.2) is 23.7 Å². The lowest BCUT2D eigenvalue weighted by atomic mass is 10.0. The summed E-state index contributed by atoms with van der Waals surface area (Å²) >= 11 is 0. The number of amides is 2. The molecule has 2 aromatic carbocycles. The van der Waals surface area contributed by atoms with Crippen LogP contribution < -0.4 is 20.8 Å². The number of aromatic nitrogens is 6. The predicted octanol–water partition coefficient (Wildman–Crippen LogP) is 4.47. The minimum absolute atomic E-state index is 0.0632. The second-order valence-corrected chi connectivity index (χ2v) is 14.6. The zero-order valence-corrected chi connectivity index (χ0v) is 31.1. The molecule has 284 valence electrons. The van der Waals surface area contributed by atoms with E-state index >= 15 is 0 Å². The minimum Gasteiger partial charge on any atom is -0.354 e. The Morgan fingerprint density at radius 1 is 0.893 bits per heavy atom. The van der Waals surface area contributed by atoms with Gasteiger partial charge in [0.15, 0.2) is 5.65 Å². The highest BCUT2D eigenvalue weighted by atomic mass is 19.1. The van der Waals surface area contributed by atoms with Crippen LogP contribution in [0.2, 0.25) is 0 Å². The third-order valence-corrected chi connectivity index (χ3v) is 11.2. The SMILES string of the molecule is Cn1c(=O)n(C2CCC(=O)NC2=O)c2cccc(C#CCCN3CCN(c4cccc(-c5cnc6ccc(N7CCC[C@@H]7c7cccc(F)c7)nn56)n4)CC3)c21. The Hall–Kier alpha value is -6.33. The number of halogens is 1. The van der Waals surface area contributed by atoms with Gasteiger partial charge in [0, 0.05) is 59.2 Å². The molecule has 13 nitrogen and oxygen atoms in total. The van der Waals surface area contributed by atoms with E-state index in [2.05, 4.69) is 36.8 Å². The van der Waals surface area contributed by atoms with Crippen LogP contribution in [0.15, 0.2) is 83.8 Å². The van der Waals surface area contributed by atoms with E-state index in [9.17, 15) is 18.8 Å². The zero-order valence-electron chi connectivity index (χ0n) is 31.1. The summed E-state index contributed by atoms with van der Waals surface area (Å²) in [5.41, 5.74) is 5.03. The van der Waals surface area contributed by atoms with E-state index in [-0.39, 0.29) is 36.3 Å². The molecule has 0 saturated carbocycles. The van der Waals surface area contributed by atoms with Crippen molar-refractivity contribution in [1.29, 1.82) is 0 Å². The Bertz CT molecular complexity index is 2610. The molecule has 2 amide bonds. The summed E-state index contributed by atoms with van der Waals surface area (Å²) in [6.45, 7) is 5.05. The highest BCUT2D eigenvalue weighted by molar-refractivity contribution is 6.00. The number of nitrogens with zero attached hydrogens (tertiary/aromatic N) is 9. The van der Waals surface area contributed by atoms with Gasteiger partial charge in [0.25, 0.3) is 0 Å². The third-order valence-electron chi connectivity index (χ3n) is 11.2. The molecule has 3 aliphatic heterocycles. The van der Waals surface area contributed by atoms with E-state index in [1.165, 1.54) is 15.2 Å². The normalized spacial score (nSPS) is 19.1. The van der Waals surface area contributed by atoms with E-state index in [1.54, 1.807) is 19.2 Å². The second kappa shape index (κ2) is 14.7. The summed E-state index contributed by atoms with van der Waals surface area (Å²) in [7, 11) is 1.69. The van der Waals surface area contributed by atoms with Crippen molar-refractivity contribution in [3.8, 4) is 23.2 Å². The van der Waals surface area contributed by atoms with Crippen LogP contribution in [0.5, 0.6) is 0 Å². The van der Waals surface area contributed by atoms with E-state index in [0.29, 0.717) is 17.5 Å². The lowest BCUT2D eigenvalue weighted by molar-refractivity contribution is -0.135. The van der Waals surface area contributed by atoms with Crippen LogP contribution in [0, 0.1) is 17.7 Å². The molecule has 6 aromatic rings. The summed E-state index contributed by atoms with van der Waals surface area (Å²) in [6.07, 6.45) is 4.91. The van der Waals surface area contributed by atoms with Gasteiger partial charge in [-0.05, 0) is 73.4 Å². The highest BCUT2D eigenvalue weighted by Crippen LogP contribution is 2.36. The second-order valence-electron chi connectivity index (χ2n) is 14.6. The maximum absolute atomic E-state index is 14.1. The molecule has 0 aliphatic carbocycles. The number of para-hydroxylation sites is 1. The van der Waals surface area contributed by atoms with Gasteiger partial charge in [-0.1, -0.05) is 36.1 Å². The molecule has 56 heavy (non-hydrogen) atoms. The molecule has 0 bridgehead atoms. The first-order chi connectivity index (χ1) is 27.3. The number of anilines is 2. The zero-order chi connectivity index (χ0) is 38.3. The monoisotopic (exact) mass is 752 g/mol. The van der Waals surface area contributed by atoms with Gasteiger partial charge in [-0.15, -0.1) is 5.10 Å². The summed E-state index contributed by atoms with van der Waals surface area (Å²) in [5.74, 6) is 7.32. The number of rotatable bonds is 7. The topological polar surface area (TPSA) is 126 Å². The first kappa shape index (κ1) is 35.4. The van der Waals surface area contributed by atoms with Gasteiger partial charge in [-0.3, -0.25) is 28.9 Å². The van der Waals surface area contributed by atoms with E-state index in [0.717, 1.165) is 91.9 Å². The first-order valence-electron chi connectivity index (χ1n) is 19.2. The largest absolute Gasteiger partial charge is 0.354 e. The van der Waals surface area contributed by atoms with Crippen molar-refractivity contribution in [3.05, 3.63) is 106 Å². The van der Waals surface area contributed by atoms with E-state index in [4.69, 9.17) is 10.1 Å². The number of benzene rings is 2. The highest BCUT2D eigenvalue weighted by Gasteiger charge is 2.32. The molecule has 4 aromatic heterocycles. The number of piperidine rings is 1. The maximum atomic E-state index is 14.1. The number of imide groups is 1. The molecule has 3 saturated heterocycles. The predicted molar refractivity (Wildman–Crippen MR) is 211 cm³/mol. The lowest BCUT2D eigenvalue weighted by Crippen LogP contribution is -2.46. The minimum atomic E-state index is -0.733. The molecule has 1 N–H and O–H groups in total. The maximum Gasteiger partial charge on any atom is 0.329 e. The number of aryl methyl sites for hydroxylation is 1. The number of hydrogen-bond donors (Lipinski definition) is 1. The van der Waals surface area contributed by atoms with Crippen LogP contribution in [0.4, 0.5) is 16.0 Å². The Kier molecular flexibility index (Phi) is 9.30. The summed E-state index contributed by atoms with van der Waals surface area (Å²) < 4.78 is 19.0. The summed E-state index contributed by atoms with van der Waals surface area (Å²) in [5, 5.41) is 7.38. The number of imidazole rings is 2. The van der Waals surface area contributed by atoms with Crippen molar-refractivity contribution in [2.75, 3.05) is 49.1 Å². The number of piperazine rings is 1. The molecule has 7 heterocycles. The average molecular weight is 753 g/mol. The lowest BCUT2D eigenvalue weighted by Gasteiger charge is -2.35. The standard InChI is InChI=1S/C42H41FN10O3/c1-48-40-28(9-5-13-33(40)52(42(48)56)34-16-19-39(54)46-41(34)55)8-2-3-20-49-22-24-50(25-23-49)37-15-6-12-31(45-37)35-27-44-36-17-18-38(47-53(35)36)51-21-7-14-32(51)29-10-4-11-30(43)26-29/h4-6,9-13,15,17-18,26-27,32,34H,3,7,14,16,19-25H2,1H3,(H,46,54,55)/t32-,34?/m1/s1. The van der Waals surface area contributed by atoms with Crippen LogP contribution in [-0.2, 0) is 16.6 Å². The fourth-order valence-corrected chi connectivity index (χ4v) is 8.38. The van der Waals surface area contributed by atoms with Gasteiger partial charge in [-0.2, -0.15) is 0 Å². The van der Waals surface area contributed by atoms with Crippen LogP contribution in [-0.4, -0.2) is 84.7 Å². The number of hydrogen-bond acceptors (Lipinski definition) is 9. The number of fused-ring (bicyclic) bond motifs is 2. The van der Waals surface area contributed by atoms with Gasteiger partial charge in [0.2, 0.25) is 11.8 Å². The van der Waals surface area contributed by atoms with Crippen molar-refractivity contribution in [2.45, 2.75) is 44.2 Å². The quantitative estimate of drug-likeness (QED) is 0.186. The number of carbonyl (C=O) groups excluding carboxylic acids is 2. The van der Waals surface area contributed by atoms with Crippen molar-refractivity contribution in [2.24, 2.45) is 7.05 Å². The summed E-state index contributed by atoms with van der Waals surface area (Å²) in [6, 6.07) is 21.8. The smallest absolute Gasteiger partial charge is 0.329 e. The molecule has 0 radical (unpaired) electrons. The van der Waals surface area contributed by atoms with Crippen molar-refractivity contribution >= 4 is 40.1 Å². The fraction of sp³-hybridized carbons (Fsp3) is 0.333. The molecule has 2 atom stereocenters. The average Bonchev–Trinajstić information content (AvgIpc) is 3.94. The fourth-order valence-electron chi connectivity index (χ4n) is 8.38. The van der Waals surface area contributed by atoms with Crippen LogP contribution >= 0.6 is 0 Å². The van der Waals surface area contributed by atoms with Gasteiger partial charge >= 0.3 is 5.69 Å². The van der Waals surface area contributed by atoms with Gasteiger partial charge in [0.05, 0.1) is 34.5 Å². The van der Waals surface area contributed by atoms with Crippen LogP contribution in [0.3, 0.4) is 0 Å². The number of pyridine rings is 1.